The first-order valence-corrected chi connectivity index (χ1v) is 8.59. The number of halogens is 1. The summed E-state index contributed by atoms with van der Waals surface area (Å²) in [5.74, 6) is 0.577. The molecule has 0 spiro atoms. The highest BCUT2D eigenvalue weighted by molar-refractivity contribution is 7.87. The predicted octanol–water partition coefficient (Wildman–Crippen LogP) is 1.55. The van der Waals surface area contributed by atoms with Crippen LogP contribution in [0.5, 0.6) is 0 Å². The van der Waals surface area contributed by atoms with E-state index in [4.69, 9.17) is 5.73 Å². The Morgan fingerprint density at radius 1 is 1.24 bits per heavy atom. The maximum absolute atomic E-state index is 12.3. The summed E-state index contributed by atoms with van der Waals surface area (Å²) < 4.78 is 28.9. The molecule has 2 atom stereocenters. The predicted molar refractivity (Wildman–Crippen MR) is 86.6 cm³/mol. The van der Waals surface area contributed by atoms with Gasteiger partial charge in [0.15, 0.2) is 0 Å². The molecule has 1 aliphatic carbocycles. The van der Waals surface area contributed by atoms with Gasteiger partial charge in [-0.15, -0.1) is 12.4 Å². The number of nitrogens with one attached hydrogen (secondary N) is 1. The maximum Gasteiger partial charge on any atom is 0.279 e. The van der Waals surface area contributed by atoms with E-state index in [1.807, 2.05) is 24.3 Å². The van der Waals surface area contributed by atoms with E-state index in [-0.39, 0.29) is 18.4 Å². The van der Waals surface area contributed by atoms with E-state index in [1.165, 1.54) is 6.42 Å². The molecule has 1 heterocycles. The number of fused-ring (bicyclic) bond motifs is 2. The molecular formula is C14H22ClN3O2S. The van der Waals surface area contributed by atoms with Crippen LogP contribution in [0, 0.1) is 5.92 Å². The smallest absolute Gasteiger partial charge is 0.279 e. The minimum Gasteiger partial charge on any atom is -0.399 e. The van der Waals surface area contributed by atoms with Gasteiger partial charge in [0.05, 0.1) is 0 Å². The lowest BCUT2D eigenvalue weighted by molar-refractivity contribution is 0.329. The van der Waals surface area contributed by atoms with Gasteiger partial charge in [-0.2, -0.15) is 12.7 Å². The van der Waals surface area contributed by atoms with Crippen LogP contribution in [0.1, 0.15) is 24.8 Å². The van der Waals surface area contributed by atoms with Crippen molar-refractivity contribution in [2.75, 3.05) is 18.8 Å². The molecular weight excluding hydrogens is 310 g/mol. The number of benzene rings is 1. The minimum atomic E-state index is -3.31. The van der Waals surface area contributed by atoms with E-state index in [0.29, 0.717) is 25.4 Å². The molecule has 1 aliphatic heterocycles. The van der Waals surface area contributed by atoms with Gasteiger partial charge < -0.3 is 5.73 Å². The number of hydrogen-bond acceptors (Lipinski definition) is 3. The molecule has 1 aromatic carbocycles. The Bertz CT molecular complexity index is 576. The van der Waals surface area contributed by atoms with E-state index in [9.17, 15) is 8.42 Å². The average molecular weight is 332 g/mol. The molecule has 1 saturated carbocycles. The summed E-state index contributed by atoms with van der Waals surface area (Å²) in [5, 5.41) is 0. The minimum absolute atomic E-state index is 0. The molecule has 1 aromatic rings. The Hall–Kier alpha value is -0.820. The summed E-state index contributed by atoms with van der Waals surface area (Å²) in [6, 6.07) is 7.77. The lowest BCUT2D eigenvalue weighted by atomic mass is 10.1. The molecule has 3 rings (SSSR count). The largest absolute Gasteiger partial charge is 0.399 e. The second-order valence-corrected chi connectivity index (χ2v) is 7.50. The summed E-state index contributed by atoms with van der Waals surface area (Å²) in [5.41, 5.74) is 7.44. The van der Waals surface area contributed by atoms with Crippen molar-refractivity contribution in [3.05, 3.63) is 29.8 Å². The second-order valence-electron chi connectivity index (χ2n) is 5.79. The van der Waals surface area contributed by atoms with Crippen LogP contribution in [0.4, 0.5) is 5.69 Å². The molecule has 1 saturated heterocycles. The standard InChI is InChI=1S/C14H21N3O2S.ClH/c15-13-4-1-11(2-5-13)7-8-16-20(18,19)17-10-12-3-6-14(17)9-12;/h1-2,4-5,12,14,16H,3,6-10,15H2;1H. The van der Waals surface area contributed by atoms with Gasteiger partial charge in [-0.1, -0.05) is 12.1 Å². The van der Waals surface area contributed by atoms with Gasteiger partial charge in [-0.05, 0) is 49.3 Å². The lowest BCUT2D eigenvalue weighted by Gasteiger charge is -2.26. The summed E-state index contributed by atoms with van der Waals surface area (Å²) in [7, 11) is -3.31. The van der Waals surface area contributed by atoms with E-state index >= 15 is 0 Å². The Morgan fingerprint density at radius 2 is 1.95 bits per heavy atom. The zero-order valence-electron chi connectivity index (χ0n) is 11.9. The van der Waals surface area contributed by atoms with Gasteiger partial charge in [0.25, 0.3) is 10.2 Å². The van der Waals surface area contributed by atoms with Gasteiger partial charge in [0.1, 0.15) is 0 Å². The third-order valence-electron chi connectivity index (χ3n) is 4.35. The Labute approximate surface area is 132 Å². The Balaban J connectivity index is 0.00000161. The Kier molecular flexibility index (Phi) is 5.14. The van der Waals surface area contributed by atoms with Crippen molar-refractivity contribution >= 4 is 28.3 Å². The molecule has 2 fully saturated rings. The van der Waals surface area contributed by atoms with Crippen LogP contribution in [-0.2, 0) is 16.6 Å². The van der Waals surface area contributed by atoms with Gasteiger partial charge in [0.2, 0.25) is 0 Å². The summed E-state index contributed by atoms with van der Waals surface area (Å²) in [6.45, 7) is 1.13. The maximum atomic E-state index is 12.3. The van der Waals surface area contributed by atoms with Crippen molar-refractivity contribution in [1.29, 1.82) is 0 Å². The molecule has 118 valence electrons. The fraction of sp³-hybridized carbons (Fsp3) is 0.571. The van der Waals surface area contributed by atoms with Crippen molar-refractivity contribution in [2.24, 2.45) is 5.92 Å². The average Bonchev–Trinajstić information content (AvgIpc) is 3.04. The monoisotopic (exact) mass is 331 g/mol. The molecule has 2 unspecified atom stereocenters. The van der Waals surface area contributed by atoms with Crippen molar-refractivity contribution in [1.82, 2.24) is 9.03 Å². The van der Waals surface area contributed by atoms with E-state index in [2.05, 4.69) is 4.72 Å². The summed E-state index contributed by atoms with van der Waals surface area (Å²) >= 11 is 0. The molecule has 0 radical (unpaired) electrons. The van der Waals surface area contributed by atoms with Crippen molar-refractivity contribution in [2.45, 2.75) is 31.7 Å². The number of nitrogen functional groups attached to an aromatic ring is 1. The van der Waals surface area contributed by atoms with Gasteiger partial charge >= 0.3 is 0 Å². The zero-order chi connectivity index (χ0) is 14.2. The van der Waals surface area contributed by atoms with Gasteiger partial charge in [0, 0.05) is 24.8 Å². The van der Waals surface area contributed by atoms with Crippen LogP contribution in [-0.4, -0.2) is 31.9 Å². The topological polar surface area (TPSA) is 75.4 Å². The Morgan fingerprint density at radius 3 is 2.52 bits per heavy atom. The lowest BCUT2D eigenvalue weighted by Crippen LogP contribution is -2.45. The third kappa shape index (κ3) is 3.69. The van der Waals surface area contributed by atoms with Crippen molar-refractivity contribution in [3.63, 3.8) is 0 Å². The second kappa shape index (κ2) is 6.52. The number of hydrogen-bond donors (Lipinski definition) is 2. The molecule has 0 aromatic heterocycles. The van der Waals surface area contributed by atoms with Crippen molar-refractivity contribution in [3.8, 4) is 0 Å². The quantitative estimate of drug-likeness (QED) is 0.804. The molecule has 0 amide bonds. The molecule has 21 heavy (non-hydrogen) atoms. The van der Waals surface area contributed by atoms with Crippen LogP contribution in [0.25, 0.3) is 0 Å². The molecule has 3 N–H and O–H groups in total. The van der Waals surface area contributed by atoms with Crippen LogP contribution in [0.3, 0.4) is 0 Å². The van der Waals surface area contributed by atoms with E-state index in [1.54, 1.807) is 4.31 Å². The van der Waals surface area contributed by atoms with Crippen LogP contribution < -0.4 is 10.5 Å². The number of anilines is 1. The number of piperidine rings is 1. The fourth-order valence-corrected chi connectivity index (χ4v) is 4.78. The van der Waals surface area contributed by atoms with Gasteiger partial charge in [-0.25, -0.2) is 4.72 Å². The zero-order valence-corrected chi connectivity index (χ0v) is 13.5. The SMILES string of the molecule is Cl.Nc1ccc(CCNS(=O)(=O)N2CC3CCC2C3)cc1. The number of nitrogens with two attached hydrogens (primary N) is 1. The van der Waals surface area contributed by atoms with E-state index < -0.39 is 10.2 Å². The summed E-state index contributed by atoms with van der Waals surface area (Å²) in [6.07, 6.45) is 3.92. The first-order valence-electron chi connectivity index (χ1n) is 7.15. The molecule has 2 aliphatic rings. The highest BCUT2D eigenvalue weighted by Gasteiger charge is 2.43. The van der Waals surface area contributed by atoms with Crippen LogP contribution in [0.2, 0.25) is 0 Å². The first kappa shape index (κ1) is 16.5. The summed E-state index contributed by atoms with van der Waals surface area (Å²) in [4.78, 5) is 0. The molecule has 7 heteroatoms. The highest BCUT2D eigenvalue weighted by Crippen LogP contribution is 2.38. The van der Waals surface area contributed by atoms with Gasteiger partial charge in [-0.3, -0.25) is 0 Å². The van der Waals surface area contributed by atoms with Crippen molar-refractivity contribution < 1.29 is 8.42 Å². The van der Waals surface area contributed by atoms with E-state index in [0.717, 1.165) is 24.1 Å². The fourth-order valence-electron chi connectivity index (χ4n) is 3.27. The van der Waals surface area contributed by atoms with Crippen LogP contribution in [0.15, 0.2) is 24.3 Å². The number of nitrogens with zero attached hydrogens (tertiary/aromatic N) is 1. The molecule has 5 nitrogen and oxygen atoms in total. The highest BCUT2D eigenvalue weighted by atomic mass is 35.5. The number of rotatable bonds is 5. The van der Waals surface area contributed by atoms with Crippen LogP contribution >= 0.6 is 12.4 Å². The normalized spacial score (nSPS) is 25.0. The molecule has 2 bridgehead atoms. The third-order valence-corrected chi connectivity index (χ3v) is 5.98. The first-order chi connectivity index (χ1) is 9.54.